The molecule has 4 nitrogen and oxygen atoms in total. The second-order valence-electron chi connectivity index (χ2n) is 5.20. The summed E-state index contributed by atoms with van der Waals surface area (Å²) in [5, 5.41) is 5.55. The van der Waals surface area contributed by atoms with Crippen molar-refractivity contribution in [1.82, 2.24) is 15.6 Å². The lowest BCUT2D eigenvalue weighted by Crippen LogP contribution is -2.36. The summed E-state index contributed by atoms with van der Waals surface area (Å²) in [5.74, 6) is -0.238. The number of hydrogen-bond acceptors (Lipinski definition) is 2. The fourth-order valence-corrected chi connectivity index (χ4v) is 2.18. The maximum atomic E-state index is 13.0. The second-order valence-corrected chi connectivity index (χ2v) is 5.20. The van der Waals surface area contributed by atoms with Crippen molar-refractivity contribution in [3.8, 4) is 0 Å². The van der Waals surface area contributed by atoms with Crippen LogP contribution in [0.25, 0.3) is 0 Å². The maximum absolute atomic E-state index is 13.0. The standard InChI is InChI=1S/C17H20FN3O/c1-12-10-15(18)7-6-14(12)8-9-19-17(22)20-11-16-5-3-4-13(2)21-16/h3-7,10H,8-9,11H2,1-2H3,(H2,19,20,22). The lowest BCUT2D eigenvalue weighted by Gasteiger charge is -2.09. The molecule has 0 saturated heterocycles. The number of carbonyl (C=O) groups is 1. The first-order valence-electron chi connectivity index (χ1n) is 7.24. The maximum Gasteiger partial charge on any atom is 0.315 e. The molecule has 0 saturated carbocycles. The predicted octanol–water partition coefficient (Wildman–Crippen LogP) is 2.88. The molecule has 2 rings (SSSR count). The smallest absolute Gasteiger partial charge is 0.315 e. The van der Waals surface area contributed by atoms with Gasteiger partial charge >= 0.3 is 6.03 Å². The Hall–Kier alpha value is -2.43. The molecule has 22 heavy (non-hydrogen) atoms. The Morgan fingerprint density at radius 2 is 2.00 bits per heavy atom. The molecule has 5 heteroatoms. The largest absolute Gasteiger partial charge is 0.338 e. The minimum atomic E-state index is -0.238. The van der Waals surface area contributed by atoms with E-state index in [0.29, 0.717) is 19.5 Å². The van der Waals surface area contributed by atoms with E-state index in [0.717, 1.165) is 22.5 Å². The van der Waals surface area contributed by atoms with Crippen molar-refractivity contribution in [1.29, 1.82) is 0 Å². The summed E-state index contributed by atoms with van der Waals surface area (Å²) in [6.45, 7) is 4.67. The quantitative estimate of drug-likeness (QED) is 0.892. The van der Waals surface area contributed by atoms with Gasteiger partial charge in [-0.2, -0.15) is 0 Å². The van der Waals surface area contributed by atoms with Gasteiger partial charge in [0.2, 0.25) is 0 Å². The molecule has 1 heterocycles. The second kappa shape index (κ2) is 7.54. The number of carbonyl (C=O) groups excluding carboxylic acids is 1. The Balaban J connectivity index is 1.74. The number of nitrogens with zero attached hydrogens (tertiary/aromatic N) is 1. The molecule has 0 aliphatic carbocycles. The van der Waals surface area contributed by atoms with Gasteiger partial charge in [0.1, 0.15) is 5.82 Å². The molecule has 1 aromatic carbocycles. The Labute approximate surface area is 129 Å². The van der Waals surface area contributed by atoms with Gasteiger partial charge in [0.25, 0.3) is 0 Å². The van der Waals surface area contributed by atoms with Crippen LogP contribution in [0.5, 0.6) is 0 Å². The Bertz CT molecular complexity index is 658. The first-order chi connectivity index (χ1) is 10.5. The van der Waals surface area contributed by atoms with Crippen LogP contribution in [0, 0.1) is 19.7 Å². The summed E-state index contributed by atoms with van der Waals surface area (Å²) >= 11 is 0. The lowest BCUT2D eigenvalue weighted by molar-refractivity contribution is 0.240. The number of urea groups is 1. The monoisotopic (exact) mass is 301 g/mol. The van der Waals surface area contributed by atoms with Gasteiger partial charge in [0.05, 0.1) is 12.2 Å². The number of pyridine rings is 1. The Kier molecular flexibility index (Phi) is 5.47. The van der Waals surface area contributed by atoms with E-state index in [-0.39, 0.29) is 11.8 Å². The predicted molar refractivity (Wildman–Crippen MR) is 84.1 cm³/mol. The number of hydrogen-bond donors (Lipinski definition) is 2. The fraction of sp³-hybridized carbons (Fsp3) is 0.294. The van der Waals surface area contributed by atoms with E-state index in [1.807, 2.05) is 32.0 Å². The summed E-state index contributed by atoms with van der Waals surface area (Å²) in [6.07, 6.45) is 0.669. The normalized spacial score (nSPS) is 10.3. The molecule has 0 unspecified atom stereocenters. The highest BCUT2D eigenvalue weighted by molar-refractivity contribution is 5.73. The number of amides is 2. The molecule has 2 aromatic rings. The molecule has 0 radical (unpaired) electrons. The van der Waals surface area contributed by atoms with Crippen LogP contribution < -0.4 is 10.6 Å². The molecule has 2 N–H and O–H groups in total. The molecular weight excluding hydrogens is 281 g/mol. The number of halogens is 1. The molecule has 0 fully saturated rings. The van der Waals surface area contributed by atoms with Gasteiger partial charge < -0.3 is 10.6 Å². The van der Waals surface area contributed by atoms with Crippen molar-refractivity contribution in [2.75, 3.05) is 6.54 Å². The third-order valence-electron chi connectivity index (χ3n) is 3.36. The number of nitrogens with one attached hydrogen (secondary N) is 2. The van der Waals surface area contributed by atoms with E-state index in [1.165, 1.54) is 12.1 Å². The van der Waals surface area contributed by atoms with Gasteiger partial charge in [-0.1, -0.05) is 12.1 Å². The van der Waals surface area contributed by atoms with Gasteiger partial charge in [-0.25, -0.2) is 9.18 Å². The van der Waals surface area contributed by atoms with E-state index >= 15 is 0 Å². The third-order valence-corrected chi connectivity index (χ3v) is 3.36. The molecular formula is C17H20FN3O. The molecule has 0 atom stereocenters. The van der Waals surface area contributed by atoms with E-state index in [4.69, 9.17) is 0 Å². The molecule has 0 aliphatic rings. The highest BCUT2D eigenvalue weighted by Gasteiger charge is 2.03. The molecule has 1 aromatic heterocycles. The first kappa shape index (κ1) is 15.9. The van der Waals surface area contributed by atoms with Crippen LogP contribution in [0.3, 0.4) is 0 Å². The molecule has 0 aliphatic heterocycles. The Morgan fingerprint density at radius 1 is 1.18 bits per heavy atom. The van der Waals surface area contributed by atoms with Crippen molar-refractivity contribution in [3.05, 3.63) is 64.7 Å². The molecule has 0 bridgehead atoms. The number of aromatic nitrogens is 1. The minimum Gasteiger partial charge on any atom is -0.338 e. The third kappa shape index (κ3) is 4.84. The zero-order chi connectivity index (χ0) is 15.9. The molecule has 2 amide bonds. The van der Waals surface area contributed by atoms with Gasteiger partial charge in [0.15, 0.2) is 0 Å². The number of benzene rings is 1. The van der Waals surface area contributed by atoms with Gasteiger partial charge in [-0.15, -0.1) is 0 Å². The zero-order valence-electron chi connectivity index (χ0n) is 12.8. The highest BCUT2D eigenvalue weighted by atomic mass is 19.1. The van der Waals surface area contributed by atoms with Gasteiger partial charge in [-0.05, 0) is 55.7 Å². The van der Waals surface area contributed by atoms with Crippen molar-refractivity contribution < 1.29 is 9.18 Å². The molecule has 0 spiro atoms. The summed E-state index contributed by atoms with van der Waals surface area (Å²) in [5.41, 5.74) is 3.67. The van der Waals surface area contributed by atoms with Crippen LogP contribution in [-0.2, 0) is 13.0 Å². The number of rotatable bonds is 5. The van der Waals surface area contributed by atoms with Crippen LogP contribution in [0.2, 0.25) is 0 Å². The summed E-state index contributed by atoms with van der Waals surface area (Å²) < 4.78 is 13.0. The summed E-state index contributed by atoms with van der Waals surface area (Å²) in [4.78, 5) is 16.0. The topological polar surface area (TPSA) is 54.0 Å². The number of aryl methyl sites for hydroxylation is 2. The highest BCUT2D eigenvalue weighted by Crippen LogP contribution is 2.10. The van der Waals surface area contributed by atoms with E-state index in [2.05, 4.69) is 15.6 Å². The van der Waals surface area contributed by atoms with Crippen LogP contribution >= 0.6 is 0 Å². The van der Waals surface area contributed by atoms with Crippen LogP contribution in [-0.4, -0.2) is 17.6 Å². The van der Waals surface area contributed by atoms with E-state index < -0.39 is 0 Å². The van der Waals surface area contributed by atoms with E-state index in [1.54, 1.807) is 6.07 Å². The summed E-state index contributed by atoms with van der Waals surface area (Å²) in [7, 11) is 0. The van der Waals surface area contributed by atoms with Crippen molar-refractivity contribution in [2.45, 2.75) is 26.8 Å². The Morgan fingerprint density at radius 3 is 2.73 bits per heavy atom. The average Bonchev–Trinajstić information content (AvgIpc) is 2.47. The van der Waals surface area contributed by atoms with Crippen molar-refractivity contribution in [3.63, 3.8) is 0 Å². The van der Waals surface area contributed by atoms with Crippen LogP contribution in [0.1, 0.15) is 22.5 Å². The minimum absolute atomic E-state index is 0.233. The van der Waals surface area contributed by atoms with E-state index in [9.17, 15) is 9.18 Å². The van der Waals surface area contributed by atoms with Crippen LogP contribution in [0.4, 0.5) is 9.18 Å². The van der Waals surface area contributed by atoms with Gasteiger partial charge in [-0.3, -0.25) is 4.98 Å². The average molecular weight is 301 g/mol. The SMILES string of the molecule is Cc1cccc(CNC(=O)NCCc2ccc(F)cc2C)n1. The summed E-state index contributed by atoms with van der Waals surface area (Å²) in [6, 6.07) is 10.1. The lowest BCUT2D eigenvalue weighted by atomic mass is 10.1. The molecule has 116 valence electrons. The zero-order valence-corrected chi connectivity index (χ0v) is 12.8. The van der Waals surface area contributed by atoms with Crippen LogP contribution in [0.15, 0.2) is 36.4 Å². The first-order valence-corrected chi connectivity index (χ1v) is 7.24. The fourth-order valence-electron chi connectivity index (χ4n) is 2.18. The van der Waals surface area contributed by atoms with Crippen molar-refractivity contribution in [2.24, 2.45) is 0 Å². The van der Waals surface area contributed by atoms with Crippen molar-refractivity contribution >= 4 is 6.03 Å². The van der Waals surface area contributed by atoms with Gasteiger partial charge in [0, 0.05) is 12.2 Å².